The Balaban J connectivity index is 1.74. The number of rotatable bonds is 8. The van der Waals surface area contributed by atoms with Crippen molar-refractivity contribution in [1.29, 1.82) is 5.26 Å². The molecule has 2 heterocycles. The van der Waals surface area contributed by atoms with E-state index in [2.05, 4.69) is 40.9 Å². The molecular formula is C27H31N5O2. The number of ether oxygens (including phenoxy) is 1. The highest BCUT2D eigenvalue weighted by Gasteiger charge is 2.45. The minimum absolute atomic E-state index is 0.0833. The van der Waals surface area contributed by atoms with Crippen molar-refractivity contribution in [3.63, 3.8) is 0 Å². The molecule has 1 fully saturated rings. The number of imidazole rings is 1. The van der Waals surface area contributed by atoms with E-state index in [1.54, 1.807) is 13.4 Å². The number of carbonyl (C=O) groups excluding carboxylic acids is 1. The summed E-state index contributed by atoms with van der Waals surface area (Å²) in [5.41, 5.74) is 5.62. The van der Waals surface area contributed by atoms with Gasteiger partial charge in [0.25, 0.3) is 0 Å². The maximum atomic E-state index is 13.5. The summed E-state index contributed by atoms with van der Waals surface area (Å²) >= 11 is 0. The van der Waals surface area contributed by atoms with Crippen LogP contribution in [-0.4, -0.2) is 53.1 Å². The monoisotopic (exact) mass is 457 g/mol. The molecule has 1 saturated heterocycles. The molecule has 0 aliphatic carbocycles. The third-order valence-corrected chi connectivity index (χ3v) is 6.92. The smallest absolute Gasteiger partial charge is 0.241 e. The van der Waals surface area contributed by atoms with E-state index in [1.807, 2.05) is 47.5 Å². The van der Waals surface area contributed by atoms with E-state index in [9.17, 15) is 4.79 Å². The standard InChI is InChI=1S/C27H31N5O2/c1-20-5-4-6-25(21(20)2)32-18-27(11-12-34-3,13-24-15-29-19-30-24)31(17-26(32)33)16-23-9-7-22(14-28)8-10-23/h4-10,15,19H,11-13,16-18H2,1-3H3,(H,29,30)/t27-/m1/s1. The summed E-state index contributed by atoms with van der Waals surface area (Å²) in [6.45, 7) is 6.18. The third-order valence-electron chi connectivity index (χ3n) is 6.92. The highest BCUT2D eigenvalue weighted by atomic mass is 16.5. The summed E-state index contributed by atoms with van der Waals surface area (Å²) in [4.78, 5) is 25.2. The first kappa shape index (κ1) is 23.7. The van der Waals surface area contributed by atoms with Crippen LogP contribution in [0.1, 0.15) is 34.4 Å². The Morgan fingerprint density at radius 2 is 2.00 bits per heavy atom. The number of amides is 1. The topological polar surface area (TPSA) is 85.2 Å². The van der Waals surface area contributed by atoms with Crippen molar-refractivity contribution >= 4 is 11.6 Å². The summed E-state index contributed by atoms with van der Waals surface area (Å²) in [7, 11) is 1.71. The van der Waals surface area contributed by atoms with E-state index in [0.717, 1.165) is 28.9 Å². The fraction of sp³-hybridized carbons (Fsp3) is 0.370. The quantitative estimate of drug-likeness (QED) is 0.557. The molecule has 0 saturated carbocycles. The lowest BCUT2D eigenvalue weighted by molar-refractivity contribution is -0.126. The van der Waals surface area contributed by atoms with Gasteiger partial charge in [0.1, 0.15) is 0 Å². The normalized spacial score (nSPS) is 18.8. The Hall–Kier alpha value is -3.47. The molecule has 1 aliphatic rings. The number of benzene rings is 2. The predicted octanol–water partition coefficient (Wildman–Crippen LogP) is 3.77. The van der Waals surface area contributed by atoms with Crippen molar-refractivity contribution in [2.75, 3.05) is 31.7 Å². The molecule has 34 heavy (non-hydrogen) atoms. The number of aromatic amines is 1. The zero-order valence-electron chi connectivity index (χ0n) is 20.0. The van der Waals surface area contributed by atoms with Gasteiger partial charge in [-0.15, -0.1) is 0 Å². The van der Waals surface area contributed by atoms with Gasteiger partial charge in [0.05, 0.1) is 24.5 Å². The number of aromatic nitrogens is 2. The lowest BCUT2D eigenvalue weighted by Gasteiger charge is -2.51. The molecular weight excluding hydrogens is 426 g/mol. The van der Waals surface area contributed by atoms with Gasteiger partial charge in [-0.2, -0.15) is 5.26 Å². The highest BCUT2D eigenvalue weighted by Crippen LogP contribution is 2.35. The number of methoxy groups -OCH3 is 1. The van der Waals surface area contributed by atoms with Gasteiger partial charge in [0, 0.05) is 56.3 Å². The second-order valence-corrected chi connectivity index (χ2v) is 9.08. The van der Waals surface area contributed by atoms with Gasteiger partial charge < -0.3 is 14.6 Å². The molecule has 1 amide bonds. The molecule has 0 bridgehead atoms. The Morgan fingerprint density at radius 1 is 1.21 bits per heavy atom. The van der Waals surface area contributed by atoms with Gasteiger partial charge in [-0.05, 0) is 55.2 Å². The summed E-state index contributed by atoms with van der Waals surface area (Å²) in [6, 6.07) is 15.9. The number of hydrogen-bond acceptors (Lipinski definition) is 5. The highest BCUT2D eigenvalue weighted by molar-refractivity contribution is 5.96. The number of H-pyrrole nitrogens is 1. The van der Waals surface area contributed by atoms with Crippen LogP contribution in [0, 0.1) is 25.2 Å². The molecule has 2 aromatic carbocycles. The zero-order chi connectivity index (χ0) is 24.1. The maximum absolute atomic E-state index is 13.5. The van der Waals surface area contributed by atoms with Gasteiger partial charge >= 0.3 is 0 Å². The van der Waals surface area contributed by atoms with E-state index in [4.69, 9.17) is 10.00 Å². The number of piperazine rings is 1. The average molecular weight is 458 g/mol. The maximum Gasteiger partial charge on any atom is 0.241 e. The van der Waals surface area contributed by atoms with Gasteiger partial charge in [-0.25, -0.2) is 4.98 Å². The molecule has 1 atom stereocenters. The molecule has 176 valence electrons. The molecule has 1 N–H and O–H groups in total. The van der Waals surface area contributed by atoms with Crippen LogP contribution in [0.25, 0.3) is 0 Å². The second kappa shape index (κ2) is 10.2. The van der Waals surface area contributed by atoms with Gasteiger partial charge in [0.15, 0.2) is 0 Å². The van der Waals surface area contributed by atoms with Crippen LogP contribution in [-0.2, 0) is 22.5 Å². The Morgan fingerprint density at radius 3 is 2.68 bits per heavy atom. The van der Waals surface area contributed by atoms with Gasteiger partial charge in [-0.3, -0.25) is 9.69 Å². The number of hydrogen-bond donors (Lipinski definition) is 1. The van der Waals surface area contributed by atoms with Crippen LogP contribution >= 0.6 is 0 Å². The van der Waals surface area contributed by atoms with Crippen molar-refractivity contribution in [2.24, 2.45) is 0 Å². The number of carbonyl (C=O) groups is 1. The van der Waals surface area contributed by atoms with Crippen LogP contribution in [0.5, 0.6) is 0 Å². The van der Waals surface area contributed by atoms with Crippen molar-refractivity contribution in [3.8, 4) is 6.07 Å². The molecule has 4 rings (SSSR count). The van der Waals surface area contributed by atoms with Gasteiger partial charge in [-0.1, -0.05) is 24.3 Å². The number of anilines is 1. The van der Waals surface area contributed by atoms with E-state index < -0.39 is 0 Å². The summed E-state index contributed by atoms with van der Waals surface area (Å²) in [6.07, 6.45) is 5.02. The van der Waals surface area contributed by atoms with Crippen LogP contribution in [0.4, 0.5) is 5.69 Å². The van der Waals surface area contributed by atoms with Crippen molar-refractivity contribution in [3.05, 3.63) is 82.9 Å². The Labute approximate surface area is 201 Å². The van der Waals surface area contributed by atoms with E-state index in [0.29, 0.717) is 38.2 Å². The molecule has 1 aromatic heterocycles. The average Bonchev–Trinajstić information content (AvgIpc) is 3.35. The third kappa shape index (κ3) is 4.89. The summed E-state index contributed by atoms with van der Waals surface area (Å²) in [5.74, 6) is 0.0833. The first-order valence-electron chi connectivity index (χ1n) is 11.5. The Bertz CT molecular complexity index is 1170. The molecule has 1 aliphatic heterocycles. The zero-order valence-corrected chi connectivity index (χ0v) is 20.0. The minimum Gasteiger partial charge on any atom is -0.385 e. The number of nitrogens with zero attached hydrogens (tertiary/aromatic N) is 4. The molecule has 3 aromatic rings. The van der Waals surface area contributed by atoms with Crippen LogP contribution in [0.15, 0.2) is 55.0 Å². The van der Waals surface area contributed by atoms with Crippen LogP contribution < -0.4 is 4.90 Å². The largest absolute Gasteiger partial charge is 0.385 e. The molecule has 0 radical (unpaired) electrons. The van der Waals surface area contributed by atoms with E-state index >= 15 is 0 Å². The second-order valence-electron chi connectivity index (χ2n) is 9.08. The summed E-state index contributed by atoms with van der Waals surface area (Å²) in [5, 5.41) is 9.15. The molecule has 7 nitrogen and oxygen atoms in total. The number of nitrogens with one attached hydrogen (secondary N) is 1. The lowest BCUT2D eigenvalue weighted by Crippen LogP contribution is -2.65. The Kier molecular flexibility index (Phi) is 7.11. The predicted molar refractivity (Wildman–Crippen MR) is 131 cm³/mol. The molecule has 0 spiro atoms. The fourth-order valence-electron chi connectivity index (χ4n) is 4.80. The molecule has 7 heteroatoms. The van der Waals surface area contributed by atoms with Crippen LogP contribution in [0.3, 0.4) is 0 Å². The first-order chi connectivity index (χ1) is 16.5. The SMILES string of the molecule is COCC[C@@]1(Cc2cnc[nH]2)CN(c2cccc(C)c2C)C(=O)CN1Cc1ccc(C#N)cc1. The minimum atomic E-state index is -0.361. The van der Waals surface area contributed by atoms with Crippen molar-refractivity contribution in [1.82, 2.24) is 14.9 Å². The van der Waals surface area contributed by atoms with Crippen molar-refractivity contribution < 1.29 is 9.53 Å². The fourth-order valence-corrected chi connectivity index (χ4v) is 4.80. The number of aryl methyl sites for hydroxylation is 1. The van der Waals surface area contributed by atoms with Crippen molar-refractivity contribution in [2.45, 2.75) is 38.8 Å². The van der Waals surface area contributed by atoms with E-state index in [1.165, 1.54) is 5.56 Å². The number of nitriles is 1. The lowest BCUT2D eigenvalue weighted by atomic mass is 9.84. The van der Waals surface area contributed by atoms with Crippen LogP contribution in [0.2, 0.25) is 0 Å². The first-order valence-corrected chi connectivity index (χ1v) is 11.5. The van der Waals surface area contributed by atoms with Gasteiger partial charge in [0.2, 0.25) is 5.91 Å². The molecule has 0 unspecified atom stereocenters. The van der Waals surface area contributed by atoms with E-state index in [-0.39, 0.29) is 11.4 Å². The summed E-state index contributed by atoms with van der Waals surface area (Å²) < 4.78 is 5.54.